The molecule has 0 bridgehead atoms. The molecule has 1 saturated heterocycles. The van der Waals surface area contributed by atoms with Gasteiger partial charge in [-0.3, -0.25) is 0 Å². The van der Waals surface area contributed by atoms with Crippen LogP contribution in [0.2, 0.25) is 0 Å². The Labute approximate surface area is 121 Å². The quantitative estimate of drug-likeness (QED) is 0.896. The van der Waals surface area contributed by atoms with E-state index in [1.807, 2.05) is 6.07 Å². The van der Waals surface area contributed by atoms with Crippen molar-refractivity contribution in [3.8, 4) is 0 Å². The first kappa shape index (κ1) is 15.4. The van der Waals surface area contributed by atoms with E-state index in [-0.39, 0.29) is 11.9 Å². The highest BCUT2D eigenvalue weighted by atomic mass is 19.1. The highest BCUT2D eigenvalue weighted by Gasteiger charge is 2.21. The van der Waals surface area contributed by atoms with Gasteiger partial charge in [-0.25, -0.2) is 4.39 Å². The van der Waals surface area contributed by atoms with E-state index in [1.54, 1.807) is 12.1 Å². The summed E-state index contributed by atoms with van der Waals surface area (Å²) >= 11 is 0. The molecule has 0 aliphatic carbocycles. The van der Waals surface area contributed by atoms with Crippen LogP contribution in [0.5, 0.6) is 0 Å². The van der Waals surface area contributed by atoms with Crippen LogP contribution in [0.4, 0.5) is 4.39 Å². The summed E-state index contributed by atoms with van der Waals surface area (Å²) in [5, 5.41) is 0. The zero-order valence-electron chi connectivity index (χ0n) is 12.6. The standard InChI is InChI=1S/C16H26FN3/c1-19(2)11-13-6-8-20(9-7-13)12-16(18)14-4-3-5-15(17)10-14/h3-5,10,13,16H,6-9,11-12,18H2,1-2H3. The second-order valence-corrected chi connectivity index (χ2v) is 6.17. The van der Waals surface area contributed by atoms with Crippen molar-refractivity contribution >= 4 is 0 Å². The van der Waals surface area contributed by atoms with Gasteiger partial charge in [-0.05, 0) is 63.6 Å². The highest BCUT2D eigenvalue weighted by Crippen LogP contribution is 2.20. The van der Waals surface area contributed by atoms with Gasteiger partial charge in [0.25, 0.3) is 0 Å². The summed E-state index contributed by atoms with van der Waals surface area (Å²) in [6.45, 7) is 4.19. The fourth-order valence-corrected chi connectivity index (χ4v) is 2.99. The molecule has 2 N–H and O–H groups in total. The molecule has 0 radical (unpaired) electrons. The van der Waals surface area contributed by atoms with Crippen molar-refractivity contribution in [2.45, 2.75) is 18.9 Å². The predicted molar refractivity (Wildman–Crippen MR) is 81.0 cm³/mol. The molecule has 1 aromatic rings. The summed E-state index contributed by atoms with van der Waals surface area (Å²) in [6.07, 6.45) is 2.46. The molecule has 1 unspecified atom stereocenters. The Balaban J connectivity index is 1.80. The van der Waals surface area contributed by atoms with Crippen LogP contribution in [-0.2, 0) is 0 Å². The molecule has 1 atom stereocenters. The van der Waals surface area contributed by atoms with Crippen LogP contribution < -0.4 is 5.73 Å². The molecule has 0 spiro atoms. The third kappa shape index (κ3) is 4.54. The first-order chi connectivity index (χ1) is 9.54. The van der Waals surface area contributed by atoms with E-state index in [9.17, 15) is 4.39 Å². The van der Waals surface area contributed by atoms with E-state index >= 15 is 0 Å². The molecule has 20 heavy (non-hydrogen) atoms. The average molecular weight is 279 g/mol. The summed E-state index contributed by atoms with van der Waals surface area (Å²) in [5.74, 6) is 0.592. The van der Waals surface area contributed by atoms with Crippen LogP contribution in [0.3, 0.4) is 0 Å². The Bertz CT molecular complexity index is 414. The minimum absolute atomic E-state index is 0.101. The molecule has 4 heteroatoms. The Morgan fingerprint density at radius 3 is 2.65 bits per heavy atom. The minimum Gasteiger partial charge on any atom is -0.323 e. The first-order valence-electron chi connectivity index (χ1n) is 7.42. The van der Waals surface area contributed by atoms with Gasteiger partial charge in [-0.2, -0.15) is 0 Å². The number of rotatable bonds is 5. The van der Waals surface area contributed by atoms with Crippen molar-refractivity contribution in [3.05, 3.63) is 35.6 Å². The zero-order chi connectivity index (χ0) is 14.5. The van der Waals surface area contributed by atoms with Gasteiger partial charge >= 0.3 is 0 Å². The number of benzene rings is 1. The van der Waals surface area contributed by atoms with Gasteiger partial charge in [0.15, 0.2) is 0 Å². The number of likely N-dealkylation sites (tertiary alicyclic amines) is 1. The van der Waals surface area contributed by atoms with Crippen molar-refractivity contribution in [3.63, 3.8) is 0 Å². The molecular formula is C16H26FN3. The molecule has 1 aliphatic heterocycles. The number of nitrogens with two attached hydrogens (primary N) is 1. The normalized spacial score (nSPS) is 19.4. The largest absolute Gasteiger partial charge is 0.323 e. The molecule has 112 valence electrons. The zero-order valence-corrected chi connectivity index (χ0v) is 12.6. The third-order valence-electron chi connectivity index (χ3n) is 4.06. The first-order valence-corrected chi connectivity index (χ1v) is 7.42. The van der Waals surface area contributed by atoms with E-state index in [0.29, 0.717) is 0 Å². The summed E-state index contributed by atoms with van der Waals surface area (Å²) in [6, 6.07) is 6.54. The van der Waals surface area contributed by atoms with E-state index in [1.165, 1.54) is 25.5 Å². The molecule has 0 aromatic heterocycles. The summed E-state index contributed by atoms with van der Waals surface area (Å²) in [4.78, 5) is 4.67. The molecule has 3 nitrogen and oxygen atoms in total. The fourth-order valence-electron chi connectivity index (χ4n) is 2.99. The molecule has 0 amide bonds. The van der Waals surface area contributed by atoms with Crippen LogP contribution in [0.25, 0.3) is 0 Å². The number of halogens is 1. The number of hydrogen-bond acceptors (Lipinski definition) is 3. The van der Waals surface area contributed by atoms with Gasteiger partial charge in [0, 0.05) is 19.1 Å². The Hall–Kier alpha value is -0.970. The lowest BCUT2D eigenvalue weighted by atomic mass is 9.95. The molecule has 1 fully saturated rings. The minimum atomic E-state index is -0.206. The predicted octanol–water partition coefficient (Wildman–Crippen LogP) is 2.10. The lowest BCUT2D eigenvalue weighted by Gasteiger charge is -2.34. The molecular weight excluding hydrogens is 253 g/mol. The van der Waals surface area contributed by atoms with Gasteiger partial charge in [-0.1, -0.05) is 12.1 Å². The maximum atomic E-state index is 13.2. The average Bonchev–Trinajstić information content (AvgIpc) is 2.40. The van der Waals surface area contributed by atoms with Crippen LogP contribution in [0.1, 0.15) is 24.4 Å². The highest BCUT2D eigenvalue weighted by molar-refractivity contribution is 5.20. The van der Waals surface area contributed by atoms with Gasteiger partial charge in [0.05, 0.1) is 0 Å². The second-order valence-electron chi connectivity index (χ2n) is 6.17. The maximum Gasteiger partial charge on any atom is 0.123 e. The SMILES string of the molecule is CN(C)CC1CCN(CC(N)c2cccc(F)c2)CC1. The van der Waals surface area contributed by atoms with Crippen molar-refractivity contribution in [1.82, 2.24) is 9.80 Å². The Morgan fingerprint density at radius 2 is 2.05 bits per heavy atom. The van der Waals surface area contributed by atoms with Crippen LogP contribution >= 0.6 is 0 Å². The van der Waals surface area contributed by atoms with Crippen LogP contribution in [0.15, 0.2) is 24.3 Å². The van der Waals surface area contributed by atoms with E-state index in [0.717, 1.165) is 31.1 Å². The maximum absolute atomic E-state index is 13.2. The van der Waals surface area contributed by atoms with E-state index in [4.69, 9.17) is 5.73 Å². The van der Waals surface area contributed by atoms with Gasteiger partial charge in [-0.15, -0.1) is 0 Å². The number of hydrogen-bond donors (Lipinski definition) is 1. The summed E-state index contributed by atoms with van der Waals surface area (Å²) < 4.78 is 13.2. The molecule has 1 heterocycles. The van der Waals surface area contributed by atoms with Gasteiger partial charge in [0.2, 0.25) is 0 Å². The van der Waals surface area contributed by atoms with Crippen LogP contribution in [0, 0.1) is 11.7 Å². The van der Waals surface area contributed by atoms with Crippen molar-refractivity contribution in [1.29, 1.82) is 0 Å². The van der Waals surface area contributed by atoms with E-state index in [2.05, 4.69) is 23.9 Å². The second kappa shape index (κ2) is 7.16. The van der Waals surface area contributed by atoms with Gasteiger partial charge in [0.1, 0.15) is 5.82 Å². The smallest absolute Gasteiger partial charge is 0.123 e. The Kier molecular flexibility index (Phi) is 5.52. The molecule has 0 saturated carbocycles. The number of piperidine rings is 1. The van der Waals surface area contributed by atoms with Crippen molar-refractivity contribution in [2.75, 3.05) is 40.3 Å². The van der Waals surface area contributed by atoms with Gasteiger partial charge < -0.3 is 15.5 Å². The van der Waals surface area contributed by atoms with Crippen molar-refractivity contribution < 1.29 is 4.39 Å². The lowest BCUT2D eigenvalue weighted by molar-refractivity contribution is 0.156. The van der Waals surface area contributed by atoms with E-state index < -0.39 is 0 Å². The molecule has 1 aliphatic rings. The lowest BCUT2D eigenvalue weighted by Crippen LogP contribution is -2.40. The topological polar surface area (TPSA) is 32.5 Å². The van der Waals surface area contributed by atoms with Crippen molar-refractivity contribution in [2.24, 2.45) is 11.7 Å². The Morgan fingerprint density at radius 1 is 1.35 bits per heavy atom. The number of nitrogens with zero attached hydrogens (tertiary/aromatic N) is 2. The molecule has 2 rings (SSSR count). The van der Waals surface area contributed by atoms with Crippen LogP contribution in [-0.4, -0.2) is 50.1 Å². The molecule has 1 aromatic carbocycles. The summed E-state index contributed by atoms with van der Waals surface area (Å²) in [7, 11) is 4.26. The summed E-state index contributed by atoms with van der Waals surface area (Å²) in [5.41, 5.74) is 7.08. The third-order valence-corrected chi connectivity index (χ3v) is 4.06. The fraction of sp³-hybridized carbons (Fsp3) is 0.625. The monoisotopic (exact) mass is 279 g/mol.